The van der Waals surface area contributed by atoms with Gasteiger partial charge in [-0.25, -0.2) is 0 Å². The number of aromatic nitrogens is 2. The first-order chi connectivity index (χ1) is 6.25. The van der Waals surface area contributed by atoms with Crippen molar-refractivity contribution in [3.05, 3.63) is 18.0 Å². The number of thioether (sulfide) groups is 1. The Hall–Kier alpha value is -0.770. The van der Waals surface area contributed by atoms with Crippen molar-refractivity contribution in [1.29, 1.82) is 0 Å². The molecular weight excluding hydrogens is 184 g/mol. The molecule has 0 aromatic carbocycles. The summed E-state index contributed by atoms with van der Waals surface area (Å²) in [6, 6.07) is 1.98. The maximum absolute atomic E-state index is 11.3. The number of hydrogen-bond donors (Lipinski definition) is 0. The highest BCUT2D eigenvalue weighted by Gasteiger charge is 2.25. The number of aryl methyl sites for hydroxylation is 1. The van der Waals surface area contributed by atoms with E-state index in [0.717, 1.165) is 17.9 Å². The summed E-state index contributed by atoms with van der Waals surface area (Å²) in [5.41, 5.74) is 1.03. The molecule has 1 saturated heterocycles. The van der Waals surface area contributed by atoms with E-state index in [2.05, 4.69) is 5.10 Å². The van der Waals surface area contributed by atoms with Crippen LogP contribution in [-0.4, -0.2) is 27.1 Å². The molecule has 1 fully saturated rings. The predicted octanol–water partition coefficient (Wildman–Crippen LogP) is 0.895. The van der Waals surface area contributed by atoms with Crippen LogP contribution in [-0.2, 0) is 18.3 Å². The molecule has 4 heteroatoms. The summed E-state index contributed by atoms with van der Waals surface area (Å²) in [6.07, 6.45) is 2.73. The lowest BCUT2D eigenvalue weighted by molar-refractivity contribution is -0.119. The van der Waals surface area contributed by atoms with Crippen molar-refractivity contribution in [2.24, 2.45) is 13.0 Å². The Morgan fingerprint density at radius 2 is 2.62 bits per heavy atom. The van der Waals surface area contributed by atoms with Crippen LogP contribution in [0.15, 0.2) is 12.3 Å². The smallest absolute Gasteiger partial charge is 0.147 e. The summed E-state index contributed by atoms with van der Waals surface area (Å²) in [6.45, 7) is 0. The van der Waals surface area contributed by atoms with Gasteiger partial charge in [0.2, 0.25) is 0 Å². The number of rotatable bonds is 2. The summed E-state index contributed by atoms with van der Waals surface area (Å²) in [7, 11) is 1.90. The summed E-state index contributed by atoms with van der Waals surface area (Å²) in [4.78, 5) is 11.3. The monoisotopic (exact) mass is 196 g/mol. The molecule has 2 heterocycles. The van der Waals surface area contributed by atoms with Crippen LogP contribution in [0.4, 0.5) is 0 Å². The Balaban J connectivity index is 2.01. The van der Waals surface area contributed by atoms with Gasteiger partial charge in [0.15, 0.2) is 0 Å². The first kappa shape index (κ1) is 8.81. The van der Waals surface area contributed by atoms with Crippen LogP contribution in [0.1, 0.15) is 5.69 Å². The van der Waals surface area contributed by atoms with E-state index in [4.69, 9.17) is 0 Å². The number of Topliss-reactive ketones (excluding diaryl/α,β-unsaturated/α-hetero) is 1. The quantitative estimate of drug-likeness (QED) is 0.704. The van der Waals surface area contributed by atoms with Crippen LogP contribution < -0.4 is 0 Å². The zero-order chi connectivity index (χ0) is 9.26. The first-order valence-electron chi connectivity index (χ1n) is 4.34. The summed E-state index contributed by atoms with van der Waals surface area (Å²) in [5.74, 6) is 2.25. The van der Waals surface area contributed by atoms with E-state index in [1.54, 1.807) is 16.4 Å². The van der Waals surface area contributed by atoms with Gasteiger partial charge in [0.25, 0.3) is 0 Å². The van der Waals surface area contributed by atoms with Crippen molar-refractivity contribution >= 4 is 17.5 Å². The molecule has 1 aliphatic heterocycles. The van der Waals surface area contributed by atoms with Crippen molar-refractivity contribution in [3.8, 4) is 0 Å². The maximum Gasteiger partial charge on any atom is 0.147 e. The van der Waals surface area contributed by atoms with Crippen molar-refractivity contribution in [2.75, 3.05) is 11.5 Å². The number of carbonyl (C=O) groups is 1. The van der Waals surface area contributed by atoms with Gasteiger partial charge in [-0.15, -0.1) is 0 Å². The van der Waals surface area contributed by atoms with Crippen LogP contribution in [0.5, 0.6) is 0 Å². The molecule has 1 aromatic rings. The molecule has 13 heavy (non-hydrogen) atoms. The maximum atomic E-state index is 11.3. The third-order valence-electron chi connectivity index (χ3n) is 2.24. The third-order valence-corrected chi connectivity index (χ3v) is 3.37. The summed E-state index contributed by atoms with van der Waals surface area (Å²) < 4.78 is 1.78. The Kier molecular flexibility index (Phi) is 2.40. The van der Waals surface area contributed by atoms with Gasteiger partial charge in [-0.05, 0) is 6.07 Å². The minimum absolute atomic E-state index is 0.208. The van der Waals surface area contributed by atoms with Crippen LogP contribution in [0.2, 0.25) is 0 Å². The molecule has 0 N–H and O–H groups in total. The van der Waals surface area contributed by atoms with Gasteiger partial charge in [-0.2, -0.15) is 16.9 Å². The Morgan fingerprint density at radius 3 is 3.15 bits per heavy atom. The largest absolute Gasteiger partial charge is 0.298 e. The Labute approximate surface area is 81.5 Å². The van der Waals surface area contributed by atoms with E-state index in [1.807, 2.05) is 19.3 Å². The Bertz CT molecular complexity index is 321. The SMILES string of the molecule is Cn1ccc(CC2CSCC2=O)n1. The number of hydrogen-bond acceptors (Lipinski definition) is 3. The highest BCUT2D eigenvalue weighted by atomic mass is 32.2. The molecule has 70 valence electrons. The molecule has 0 amide bonds. The van der Waals surface area contributed by atoms with Crippen molar-refractivity contribution in [3.63, 3.8) is 0 Å². The summed E-state index contributed by atoms with van der Waals surface area (Å²) in [5, 5.41) is 4.26. The third kappa shape index (κ3) is 1.94. The highest BCUT2D eigenvalue weighted by molar-refractivity contribution is 8.00. The highest BCUT2D eigenvalue weighted by Crippen LogP contribution is 2.23. The molecule has 0 bridgehead atoms. The molecule has 1 atom stereocenters. The lowest BCUT2D eigenvalue weighted by Gasteiger charge is -2.02. The zero-order valence-corrected chi connectivity index (χ0v) is 8.38. The van der Waals surface area contributed by atoms with E-state index >= 15 is 0 Å². The molecular formula is C9H12N2OS. The van der Waals surface area contributed by atoms with Gasteiger partial charge in [0.05, 0.1) is 11.4 Å². The van der Waals surface area contributed by atoms with Crippen molar-refractivity contribution in [1.82, 2.24) is 9.78 Å². The van der Waals surface area contributed by atoms with Crippen LogP contribution >= 0.6 is 11.8 Å². The van der Waals surface area contributed by atoms with Gasteiger partial charge in [0, 0.05) is 31.3 Å². The summed E-state index contributed by atoms with van der Waals surface area (Å²) >= 11 is 1.73. The molecule has 0 spiro atoms. The fourth-order valence-electron chi connectivity index (χ4n) is 1.51. The average Bonchev–Trinajstić information content (AvgIpc) is 2.64. The predicted molar refractivity (Wildman–Crippen MR) is 52.7 cm³/mol. The minimum atomic E-state index is 0.208. The number of nitrogens with zero attached hydrogens (tertiary/aromatic N) is 2. The molecule has 0 radical (unpaired) electrons. The molecule has 0 aliphatic carbocycles. The normalized spacial score (nSPS) is 22.5. The molecule has 0 saturated carbocycles. The van der Waals surface area contributed by atoms with Gasteiger partial charge in [0.1, 0.15) is 5.78 Å². The standard InChI is InChI=1S/C9H12N2OS/c1-11-3-2-8(10-11)4-7-5-13-6-9(7)12/h2-3,7H,4-6H2,1H3. The van der Waals surface area contributed by atoms with E-state index in [1.165, 1.54) is 0 Å². The van der Waals surface area contributed by atoms with Crippen molar-refractivity contribution in [2.45, 2.75) is 6.42 Å². The van der Waals surface area contributed by atoms with Gasteiger partial charge in [-0.3, -0.25) is 9.48 Å². The zero-order valence-electron chi connectivity index (χ0n) is 7.56. The molecule has 3 nitrogen and oxygen atoms in total. The van der Waals surface area contributed by atoms with Gasteiger partial charge in [-0.1, -0.05) is 0 Å². The number of ketones is 1. The fraction of sp³-hybridized carbons (Fsp3) is 0.556. The molecule has 1 unspecified atom stereocenters. The Morgan fingerprint density at radius 1 is 1.77 bits per heavy atom. The number of carbonyl (C=O) groups excluding carboxylic acids is 1. The van der Waals surface area contributed by atoms with Crippen LogP contribution in [0, 0.1) is 5.92 Å². The lowest BCUT2D eigenvalue weighted by atomic mass is 10.0. The minimum Gasteiger partial charge on any atom is -0.298 e. The van der Waals surface area contributed by atoms with Gasteiger partial charge >= 0.3 is 0 Å². The fourth-order valence-corrected chi connectivity index (χ4v) is 2.65. The average molecular weight is 196 g/mol. The topological polar surface area (TPSA) is 34.9 Å². The molecule has 1 aliphatic rings. The lowest BCUT2D eigenvalue weighted by Crippen LogP contribution is -2.14. The van der Waals surface area contributed by atoms with E-state index in [-0.39, 0.29) is 5.92 Å². The second-order valence-electron chi connectivity index (χ2n) is 3.36. The van der Waals surface area contributed by atoms with E-state index < -0.39 is 0 Å². The van der Waals surface area contributed by atoms with E-state index in [9.17, 15) is 4.79 Å². The van der Waals surface area contributed by atoms with Crippen molar-refractivity contribution < 1.29 is 4.79 Å². The van der Waals surface area contributed by atoms with Crippen LogP contribution in [0.25, 0.3) is 0 Å². The molecule has 2 rings (SSSR count). The second-order valence-corrected chi connectivity index (χ2v) is 4.39. The van der Waals surface area contributed by atoms with Crippen LogP contribution in [0.3, 0.4) is 0 Å². The molecule has 1 aromatic heterocycles. The first-order valence-corrected chi connectivity index (χ1v) is 5.50. The van der Waals surface area contributed by atoms with E-state index in [0.29, 0.717) is 11.5 Å². The van der Waals surface area contributed by atoms with Gasteiger partial charge < -0.3 is 0 Å². The second kappa shape index (κ2) is 3.54.